The molecule has 20 heavy (non-hydrogen) atoms. The molecule has 0 saturated carbocycles. The molecule has 0 aliphatic rings. The van der Waals surface area contributed by atoms with E-state index in [9.17, 15) is 4.39 Å². The molecule has 0 fully saturated rings. The van der Waals surface area contributed by atoms with Crippen LogP contribution in [-0.2, 0) is 0 Å². The smallest absolute Gasteiger partial charge is 0.201 e. The number of nitrogens with zero attached hydrogens (tertiary/aromatic N) is 3. The van der Waals surface area contributed by atoms with Gasteiger partial charge in [-0.1, -0.05) is 11.6 Å². The molecular weight excluding hydrogens is 299 g/mol. The van der Waals surface area contributed by atoms with Gasteiger partial charge in [0.05, 0.1) is 22.1 Å². The number of benzene rings is 1. The van der Waals surface area contributed by atoms with E-state index in [-0.39, 0.29) is 11.1 Å². The molecule has 1 atom stereocenters. The molecule has 1 unspecified atom stereocenters. The van der Waals surface area contributed by atoms with Crippen molar-refractivity contribution in [2.24, 2.45) is 0 Å². The molecule has 0 aliphatic heterocycles. The second-order valence-corrected chi connectivity index (χ2v) is 5.90. The van der Waals surface area contributed by atoms with E-state index >= 15 is 0 Å². The molecule has 2 aromatic heterocycles. The average Bonchev–Trinajstić information content (AvgIpc) is 2.93. The summed E-state index contributed by atoms with van der Waals surface area (Å²) in [6, 6.07) is 2.73. The van der Waals surface area contributed by atoms with Crippen LogP contribution in [0.4, 0.5) is 10.3 Å². The summed E-state index contributed by atoms with van der Waals surface area (Å²) in [7, 11) is 0. The van der Waals surface area contributed by atoms with Gasteiger partial charge in [0.1, 0.15) is 10.8 Å². The van der Waals surface area contributed by atoms with Crippen molar-refractivity contribution in [3.05, 3.63) is 39.1 Å². The van der Waals surface area contributed by atoms with Gasteiger partial charge in [-0.25, -0.2) is 14.4 Å². The van der Waals surface area contributed by atoms with E-state index < -0.39 is 5.82 Å². The maximum atomic E-state index is 13.7. The predicted molar refractivity (Wildman–Crippen MR) is 79.8 cm³/mol. The Morgan fingerprint density at radius 2 is 2.15 bits per heavy atom. The second-order valence-electron chi connectivity index (χ2n) is 4.60. The number of nitrogen functional groups attached to an aromatic ring is 1. The Labute approximate surface area is 124 Å². The summed E-state index contributed by atoms with van der Waals surface area (Å²) in [5.74, 6) is -0.162. The van der Waals surface area contributed by atoms with Gasteiger partial charge in [0.25, 0.3) is 0 Å². The zero-order chi connectivity index (χ0) is 14.4. The molecule has 0 bridgehead atoms. The summed E-state index contributed by atoms with van der Waals surface area (Å²) in [6.07, 6.45) is 0. The normalized spacial score (nSPS) is 13.0. The molecule has 104 valence electrons. The number of halogens is 2. The maximum absolute atomic E-state index is 13.7. The Morgan fingerprint density at radius 3 is 2.80 bits per heavy atom. The van der Waals surface area contributed by atoms with Crippen LogP contribution in [-0.4, -0.2) is 14.5 Å². The third kappa shape index (κ3) is 2.05. The van der Waals surface area contributed by atoms with E-state index in [0.29, 0.717) is 17.0 Å². The lowest BCUT2D eigenvalue weighted by molar-refractivity contribution is 0.624. The molecule has 0 amide bonds. The molecule has 3 aromatic rings. The number of thiazole rings is 1. The van der Waals surface area contributed by atoms with Crippen LogP contribution in [0.25, 0.3) is 11.0 Å². The maximum Gasteiger partial charge on any atom is 0.201 e. The van der Waals surface area contributed by atoms with Gasteiger partial charge in [-0.3, -0.25) is 0 Å². The lowest BCUT2D eigenvalue weighted by atomic mass is 10.2. The summed E-state index contributed by atoms with van der Waals surface area (Å²) in [5, 5.41) is 2.92. The van der Waals surface area contributed by atoms with E-state index in [2.05, 4.69) is 9.97 Å². The van der Waals surface area contributed by atoms with E-state index in [1.165, 1.54) is 12.1 Å². The number of imidazole rings is 1. The first-order valence-electron chi connectivity index (χ1n) is 6.02. The first kappa shape index (κ1) is 13.3. The van der Waals surface area contributed by atoms with Crippen molar-refractivity contribution in [3.63, 3.8) is 0 Å². The number of anilines is 1. The number of fused-ring (bicyclic) bond motifs is 1. The molecule has 3 rings (SSSR count). The standard InChI is InChI=1S/C13H12ClFN4S/c1-6-5-20-12(17-6)7(2)19-11-4-9(15)8(14)3-10(11)18-13(19)16/h3-5,7H,1-2H3,(H2,16,18). The first-order valence-corrected chi connectivity index (χ1v) is 7.27. The third-order valence-corrected chi connectivity index (χ3v) is 4.56. The van der Waals surface area contributed by atoms with Gasteiger partial charge in [-0.05, 0) is 19.9 Å². The average molecular weight is 311 g/mol. The van der Waals surface area contributed by atoms with E-state index in [1.807, 2.05) is 19.2 Å². The third-order valence-electron chi connectivity index (χ3n) is 3.14. The van der Waals surface area contributed by atoms with E-state index in [1.54, 1.807) is 15.9 Å². The Bertz CT molecular complexity index is 795. The van der Waals surface area contributed by atoms with E-state index in [0.717, 1.165) is 10.7 Å². The molecule has 0 spiro atoms. The van der Waals surface area contributed by atoms with Crippen LogP contribution in [0.15, 0.2) is 17.5 Å². The molecule has 7 heteroatoms. The minimum Gasteiger partial charge on any atom is -0.369 e. The highest BCUT2D eigenvalue weighted by Gasteiger charge is 2.19. The fourth-order valence-corrected chi connectivity index (χ4v) is 3.19. The first-order chi connectivity index (χ1) is 9.47. The highest BCUT2D eigenvalue weighted by Crippen LogP contribution is 2.31. The Morgan fingerprint density at radius 1 is 1.40 bits per heavy atom. The van der Waals surface area contributed by atoms with Gasteiger partial charge < -0.3 is 10.3 Å². The van der Waals surface area contributed by atoms with Crippen molar-refractivity contribution in [2.45, 2.75) is 19.9 Å². The molecular formula is C13H12ClFN4S. The summed E-state index contributed by atoms with van der Waals surface area (Å²) in [6.45, 7) is 3.89. The summed E-state index contributed by atoms with van der Waals surface area (Å²) in [4.78, 5) is 8.68. The van der Waals surface area contributed by atoms with Crippen molar-refractivity contribution in [1.82, 2.24) is 14.5 Å². The highest BCUT2D eigenvalue weighted by atomic mass is 35.5. The number of hydrogen-bond donors (Lipinski definition) is 1. The SMILES string of the molecule is Cc1csc(C(C)n2c(N)nc3cc(Cl)c(F)cc32)n1. The predicted octanol–water partition coefficient (Wildman–Crippen LogP) is 3.79. The fourth-order valence-electron chi connectivity index (χ4n) is 2.19. The minimum atomic E-state index is -0.483. The monoisotopic (exact) mass is 310 g/mol. The van der Waals surface area contributed by atoms with Crippen molar-refractivity contribution < 1.29 is 4.39 Å². The van der Waals surface area contributed by atoms with Gasteiger partial charge in [0.2, 0.25) is 5.95 Å². The van der Waals surface area contributed by atoms with Gasteiger partial charge in [0.15, 0.2) is 0 Å². The second kappa shape index (κ2) is 4.71. The molecule has 2 N–H and O–H groups in total. The number of hydrogen-bond acceptors (Lipinski definition) is 4. The quantitative estimate of drug-likeness (QED) is 0.783. The number of nitrogens with two attached hydrogens (primary N) is 1. The van der Waals surface area contributed by atoms with Gasteiger partial charge in [-0.15, -0.1) is 11.3 Å². The van der Waals surface area contributed by atoms with Gasteiger partial charge in [-0.2, -0.15) is 0 Å². The van der Waals surface area contributed by atoms with Crippen LogP contribution < -0.4 is 5.73 Å². The molecule has 0 saturated heterocycles. The highest BCUT2D eigenvalue weighted by molar-refractivity contribution is 7.09. The lowest BCUT2D eigenvalue weighted by Gasteiger charge is -2.13. The van der Waals surface area contributed by atoms with Crippen LogP contribution in [0.3, 0.4) is 0 Å². The summed E-state index contributed by atoms with van der Waals surface area (Å²) < 4.78 is 15.5. The fraction of sp³-hybridized carbons (Fsp3) is 0.231. The van der Waals surface area contributed by atoms with Gasteiger partial charge in [0, 0.05) is 17.1 Å². The van der Waals surface area contributed by atoms with Gasteiger partial charge >= 0.3 is 0 Å². The molecule has 4 nitrogen and oxygen atoms in total. The van der Waals surface area contributed by atoms with Crippen molar-refractivity contribution in [2.75, 3.05) is 5.73 Å². The zero-order valence-corrected chi connectivity index (χ0v) is 12.5. The zero-order valence-electron chi connectivity index (χ0n) is 10.9. The number of aryl methyl sites for hydroxylation is 1. The van der Waals surface area contributed by atoms with Crippen LogP contribution in [0, 0.1) is 12.7 Å². The Balaban J connectivity index is 2.20. The topological polar surface area (TPSA) is 56.7 Å². The summed E-state index contributed by atoms with van der Waals surface area (Å²) in [5.41, 5.74) is 8.11. The summed E-state index contributed by atoms with van der Waals surface area (Å²) >= 11 is 7.32. The Hall–Kier alpha value is -1.66. The largest absolute Gasteiger partial charge is 0.369 e. The van der Waals surface area contributed by atoms with Crippen molar-refractivity contribution >= 4 is 39.9 Å². The lowest BCUT2D eigenvalue weighted by Crippen LogP contribution is -2.10. The molecule has 0 radical (unpaired) electrons. The molecule has 1 aromatic carbocycles. The number of aromatic nitrogens is 3. The van der Waals surface area contributed by atoms with Crippen LogP contribution in [0.2, 0.25) is 5.02 Å². The minimum absolute atomic E-state index is 0.0416. The molecule has 0 aliphatic carbocycles. The van der Waals surface area contributed by atoms with Crippen molar-refractivity contribution in [3.8, 4) is 0 Å². The van der Waals surface area contributed by atoms with E-state index in [4.69, 9.17) is 17.3 Å². The van der Waals surface area contributed by atoms with Crippen LogP contribution in [0.1, 0.15) is 23.7 Å². The van der Waals surface area contributed by atoms with Crippen molar-refractivity contribution in [1.29, 1.82) is 0 Å². The molecule has 2 heterocycles. The Kier molecular flexibility index (Phi) is 3.14. The van der Waals surface area contributed by atoms with Crippen LogP contribution >= 0.6 is 22.9 Å². The van der Waals surface area contributed by atoms with Crippen LogP contribution in [0.5, 0.6) is 0 Å². The number of rotatable bonds is 2.